The van der Waals surface area contributed by atoms with Crippen LogP contribution in [0.3, 0.4) is 0 Å². The molecule has 0 spiro atoms. The highest BCUT2D eigenvalue weighted by molar-refractivity contribution is 6.18. The molecule has 10 nitrogen and oxygen atoms in total. The van der Waals surface area contributed by atoms with Crippen LogP contribution >= 0.6 is 0 Å². The Hall–Kier alpha value is -11.4. The largest absolute Gasteiger partial charge is 0.456 e. The zero-order chi connectivity index (χ0) is 55.0. The average molecular weight is 1080 g/mol. The molecule has 396 valence electrons. The van der Waals surface area contributed by atoms with E-state index in [0.29, 0.717) is 13.1 Å². The first-order valence-corrected chi connectivity index (χ1v) is 28.3. The van der Waals surface area contributed by atoms with Crippen molar-refractivity contribution in [1.82, 2.24) is 20.6 Å². The van der Waals surface area contributed by atoms with E-state index in [9.17, 15) is 0 Å². The molecule has 6 aromatic heterocycles. The van der Waals surface area contributed by atoms with Crippen molar-refractivity contribution >= 4 is 150 Å². The van der Waals surface area contributed by atoms with Crippen molar-refractivity contribution < 1.29 is 17.7 Å². The molecule has 0 aliphatic carbocycles. The second-order valence-corrected chi connectivity index (χ2v) is 21.7. The highest BCUT2D eigenvalue weighted by Crippen LogP contribution is 2.51. The van der Waals surface area contributed by atoms with Gasteiger partial charge in [0.25, 0.3) is 0 Å². The van der Waals surface area contributed by atoms with Crippen LogP contribution in [-0.2, 0) is 13.1 Å². The van der Waals surface area contributed by atoms with Crippen LogP contribution in [0.5, 0.6) is 0 Å². The molecule has 0 atom stereocenters. The van der Waals surface area contributed by atoms with Gasteiger partial charge in [0, 0.05) is 88.0 Å². The van der Waals surface area contributed by atoms with Gasteiger partial charge in [-0.3, -0.25) is 9.97 Å². The molecule has 10 aromatic carbocycles. The maximum atomic E-state index is 7.14. The van der Waals surface area contributed by atoms with Crippen LogP contribution in [0, 0.1) is 0 Å². The molecule has 0 saturated carbocycles. The molecule has 2 aliphatic heterocycles. The normalized spacial score (nSPS) is 13.1. The summed E-state index contributed by atoms with van der Waals surface area (Å²) >= 11 is 0. The SMILES string of the molecule is C1=Cc2oc3c(N(c4ccc(-c5ccc(C6=Cc7oc8c(N(c9ccc%10ccc%11ccccc%11c%10c9)c9cccc%10oc%11ccncc%11c9%10)cccc8c7CN6)cc5)c5ccccc45)c4cccc5oc6cccnc6c45)cccc3c2CN1. The van der Waals surface area contributed by atoms with Crippen LogP contribution in [0.4, 0.5) is 34.1 Å². The summed E-state index contributed by atoms with van der Waals surface area (Å²) in [7, 11) is 0. The van der Waals surface area contributed by atoms with E-state index in [1.165, 1.54) is 21.5 Å². The molecule has 0 amide bonds. The number of rotatable bonds is 8. The molecule has 10 heteroatoms. The van der Waals surface area contributed by atoms with Crippen molar-refractivity contribution in [3.63, 3.8) is 0 Å². The lowest BCUT2D eigenvalue weighted by Crippen LogP contribution is -2.15. The number of furan rings is 4. The number of hydrogen-bond donors (Lipinski definition) is 2. The fraction of sp³-hybridized carbons (Fsp3) is 0.0270. The Kier molecular flexibility index (Phi) is 9.98. The fourth-order valence-corrected chi connectivity index (χ4v) is 13.3. The Labute approximate surface area is 479 Å². The number of aromatic nitrogens is 2. The van der Waals surface area contributed by atoms with Gasteiger partial charge in [-0.2, -0.15) is 0 Å². The van der Waals surface area contributed by atoms with Gasteiger partial charge in [0.05, 0.1) is 39.2 Å². The average Bonchev–Trinajstić information content (AvgIpc) is 3.99. The number of nitrogens with zero attached hydrogens (tertiary/aromatic N) is 4. The number of nitrogens with one attached hydrogen (secondary N) is 2. The number of hydrogen-bond acceptors (Lipinski definition) is 10. The summed E-state index contributed by atoms with van der Waals surface area (Å²) in [5.74, 6) is 1.69. The van der Waals surface area contributed by atoms with Gasteiger partial charge in [0.1, 0.15) is 33.8 Å². The van der Waals surface area contributed by atoms with Crippen LogP contribution in [0.1, 0.15) is 28.2 Å². The lowest BCUT2D eigenvalue weighted by atomic mass is 9.94. The smallest absolute Gasteiger partial charge is 0.159 e. The Balaban J connectivity index is 0.742. The van der Waals surface area contributed by atoms with E-state index in [-0.39, 0.29) is 0 Å². The predicted molar refractivity (Wildman–Crippen MR) is 340 cm³/mol. The molecular formula is C74H46N6O4. The Morgan fingerprint density at radius 2 is 1.07 bits per heavy atom. The van der Waals surface area contributed by atoms with Crippen LogP contribution in [0.15, 0.2) is 249 Å². The van der Waals surface area contributed by atoms with E-state index in [1.54, 1.807) is 6.20 Å². The highest BCUT2D eigenvalue weighted by atomic mass is 16.3. The van der Waals surface area contributed by atoms with E-state index in [0.717, 1.165) is 156 Å². The summed E-state index contributed by atoms with van der Waals surface area (Å²) in [6.45, 7) is 1.28. The zero-order valence-electron chi connectivity index (χ0n) is 44.9. The Morgan fingerprint density at radius 1 is 0.417 bits per heavy atom. The third-order valence-corrected chi connectivity index (χ3v) is 17.1. The molecule has 0 unspecified atom stereocenters. The number of benzene rings is 10. The second-order valence-electron chi connectivity index (χ2n) is 21.7. The van der Waals surface area contributed by atoms with Gasteiger partial charge >= 0.3 is 0 Å². The number of fused-ring (bicyclic) bond motifs is 16. The molecule has 0 bridgehead atoms. The summed E-state index contributed by atoms with van der Waals surface area (Å²) in [4.78, 5) is 14.1. The van der Waals surface area contributed by atoms with Crippen molar-refractivity contribution in [2.75, 3.05) is 9.80 Å². The van der Waals surface area contributed by atoms with Gasteiger partial charge in [-0.15, -0.1) is 0 Å². The molecule has 0 saturated heterocycles. The third-order valence-electron chi connectivity index (χ3n) is 17.1. The summed E-state index contributed by atoms with van der Waals surface area (Å²) in [5.41, 5.74) is 17.7. The van der Waals surface area contributed by atoms with Crippen LogP contribution in [0.25, 0.3) is 127 Å². The quantitative estimate of drug-likeness (QED) is 0.143. The molecule has 0 radical (unpaired) electrons. The minimum absolute atomic E-state index is 0.595. The molecule has 84 heavy (non-hydrogen) atoms. The van der Waals surface area contributed by atoms with Gasteiger partial charge in [0.2, 0.25) is 0 Å². The van der Waals surface area contributed by atoms with Crippen molar-refractivity contribution in [3.8, 4) is 11.1 Å². The Bertz CT molecular complexity index is 5490. The van der Waals surface area contributed by atoms with Crippen molar-refractivity contribution in [1.29, 1.82) is 0 Å². The lowest BCUT2D eigenvalue weighted by Gasteiger charge is -2.28. The molecule has 8 heterocycles. The lowest BCUT2D eigenvalue weighted by molar-refractivity contribution is 0.592. The standard InChI is InChI=1S/C74H46N6O4/c1-2-11-48-43(10-1)23-24-45-29-30-47(38-54(45)48)79(60-16-7-20-66-70(60)57-41-76-37-34-65(57)81-66)62-18-5-15-53-56-42-78-58(39-69(56)84-73(53)62)46-27-25-44(26-28-46)49-31-32-59(51-13-4-3-12-50(49)51)80(61-17-8-21-67-71(61)72-68(82-67)22-9-35-77-72)63-19-6-14-52-55-40-75-36-33-64(55)83-74(52)63/h1-39,41,75,78H,40,42H2. The van der Waals surface area contributed by atoms with E-state index in [2.05, 4.69) is 207 Å². The van der Waals surface area contributed by atoms with Crippen molar-refractivity contribution in [2.24, 2.45) is 0 Å². The van der Waals surface area contributed by atoms with E-state index < -0.39 is 0 Å². The molecule has 0 fully saturated rings. The monoisotopic (exact) mass is 1080 g/mol. The maximum absolute atomic E-state index is 7.14. The maximum Gasteiger partial charge on any atom is 0.159 e. The molecule has 16 aromatic rings. The summed E-state index contributed by atoms with van der Waals surface area (Å²) in [5, 5.41) is 19.1. The van der Waals surface area contributed by atoms with E-state index >= 15 is 0 Å². The second kappa shape index (κ2) is 18.1. The summed E-state index contributed by atoms with van der Waals surface area (Å²) in [6, 6.07) is 73.0. The summed E-state index contributed by atoms with van der Waals surface area (Å²) < 4.78 is 26.9. The number of pyridine rings is 2. The minimum atomic E-state index is 0.595. The van der Waals surface area contributed by atoms with Crippen molar-refractivity contribution in [3.05, 3.63) is 259 Å². The molecule has 2 N–H and O–H groups in total. The molecule has 18 rings (SSSR count). The summed E-state index contributed by atoms with van der Waals surface area (Å²) in [6.07, 6.45) is 11.6. The molecular weight excluding hydrogens is 1040 g/mol. The first-order valence-electron chi connectivity index (χ1n) is 28.3. The number of para-hydroxylation sites is 2. The molecule has 2 aliphatic rings. The van der Waals surface area contributed by atoms with Gasteiger partial charge in [-0.05, 0) is 122 Å². The Morgan fingerprint density at radius 3 is 1.92 bits per heavy atom. The van der Waals surface area contributed by atoms with Crippen LogP contribution in [-0.4, -0.2) is 9.97 Å². The van der Waals surface area contributed by atoms with Crippen LogP contribution in [0.2, 0.25) is 0 Å². The van der Waals surface area contributed by atoms with Gasteiger partial charge in [-0.1, -0.05) is 133 Å². The highest BCUT2D eigenvalue weighted by Gasteiger charge is 2.29. The van der Waals surface area contributed by atoms with E-state index in [1.807, 2.05) is 55.0 Å². The third kappa shape index (κ3) is 6.97. The predicted octanol–water partition coefficient (Wildman–Crippen LogP) is 19.5. The fourth-order valence-electron chi connectivity index (χ4n) is 13.3. The topological polar surface area (TPSA) is 109 Å². The first-order chi connectivity index (χ1) is 41.6. The van der Waals surface area contributed by atoms with Gasteiger partial charge in [0.15, 0.2) is 16.7 Å². The van der Waals surface area contributed by atoms with Gasteiger partial charge < -0.3 is 38.1 Å². The minimum Gasteiger partial charge on any atom is -0.456 e. The zero-order valence-corrected chi connectivity index (χ0v) is 44.9. The van der Waals surface area contributed by atoms with Crippen molar-refractivity contribution in [2.45, 2.75) is 13.1 Å². The first kappa shape index (κ1) is 46.4. The van der Waals surface area contributed by atoms with E-state index in [4.69, 9.17) is 22.7 Å². The number of anilines is 6. The van der Waals surface area contributed by atoms with Gasteiger partial charge in [-0.25, -0.2) is 0 Å². The van der Waals surface area contributed by atoms with Crippen LogP contribution < -0.4 is 20.4 Å².